The molecule has 1 atom stereocenters. The summed E-state index contributed by atoms with van der Waals surface area (Å²) in [5.74, 6) is 2.10. The number of nitrogens with two attached hydrogens (primary N) is 1. The van der Waals surface area contributed by atoms with E-state index in [1.807, 2.05) is 31.2 Å². The van der Waals surface area contributed by atoms with E-state index in [0.29, 0.717) is 29.3 Å². The average molecular weight is 342 g/mol. The molecule has 6 nitrogen and oxygen atoms in total. The van der Waals surface area contributed by atoms with Crippen LogP contribution in [-0.2, 0) is 11.2 Å². The van der Waals surface area contributed by atoms with Gasteiger partial charge in [-0.2, -0.15) is 0 Å². The molecule has 0 aliphatic carbocycles. The van der Waals surface area contributed by atoms with Crippen LogP contribution < -0.4 is 25.3 Å². The molecule has 0 spiro atoms. The number of hydrogen-bond acceptors (Lipinski definition) is 5. The van der Waals surface area contributed by atoms with Crippen LogP contribution in [0.1, 0.15) is 18.9 Å². The van der Waals surface area contributed by atoms with Gasteiger partial charge >= 0.3 is 0 Å². The Morgan fingerprint density at radius 2 is 2.00 bits per heavy atom. The Bertz CT molecular complexity index is 776. The lowest BCUT2D eigenvalue weighted by Crippen LogP contribution is -2.17. The van der Waals surface area contributed by atoms with E-state index in [-0.39, 0.29) is 18.6 Å². The summed E-state index contributed by atoms with van der Waals surface area (Å²) < 4.78 is 15.9. The van der Waals surface area contributed by atoms with Crippen LogP contribution in [0.25, 0.3) is 0 Å². The van der Waals surface area contributed by atoms with E-state index in [9.17, 15) is 4.79 Å². The van der Waals surface area contributed by atoms with Gasteiger partial charge in [0.05, 0.1) is 18.5 Å². The van der Waals surface area contributed by atoms with Crippen LogP contribution in [0, 0.1) is 5.92 Å². The molecule has 1 heterocycles. The van der Waals surface area contributed by atoms with E-state index in [0.717, 1.165) is 17.7 Å². The van der Waals surface area contributed by atoms with E-state index < -0.39 is 0 Å². The SMILES string of the molecule is COc1ccccc1CC(C)CC(=O)Nc1cc2c(cc1N)OCO2. The van der Waals surface area contributed by atoms with E-state index in [2.05, 4.69) is 5.32 Å². The predicted molar refractivity (Wildman–Crippen MR) is 96.1 cm³/mol. The summed E-state index contributed by atoms with van der Waals surface area (Å²) in [7, 11) is 1.65. The zero-order valence-electron chi connectivity index (χ0n) is 14.4. The number of anilines is 2. The molecule has 1 aliphatic rings. The van der Waals surface area contributed by atoms with Gasteiger partial charge in [-0.05, 0) is 24.0 Å². The van der Waals surface area contributed by atoms with Crippen molar-refractivity contribution in [2.24, 2.45) is 5.92 Å². The fraction of sp³-hybridized carbons (Fsp3) is 0.316. The molecule has 3 N–H and O–H groups in total. The number of ether oxygens (including phenoxy) is 3. The molecular formula is C19H22N2O4. The summed E-state index contributed by atoms with van der Waals surface area (Å²) in [6.45, 7) is 2.21. The van der Waals surface area contributed by atoms with Crippen LogP contribution in [0.5, 0.6) is 17.2 Å². The third kappa shape index (κ3) is 3.96. The van der Waals surface area contributed by atoms with Crippen LogP contribution in [-0.4, -0.2) is 19.8 Å². The van der Waals surface area contributed by atoms with Gasteiger partial charge in [-0.25, -0.2) is 0 Å². The van der Waals surface area contributed by atoms with Gasteiger partial charge < -0.3 is 25.3 Å². The van der Waals surface area contributed by atoms with E-state index >= 15 is 0 Å². The third-order valence-corrected chi connectivity index (χ3v) is 4.11. The summed E-state index contributed by atoms with van der Waals surface area (Å²) in [6.07, 6.45) is 1.14. The van der Waals surface area contributed by atoms with Crippen molar-refractivity contribution in [1.82, 2.24) is 0 Å². The maximum Gasteiger partial charge on any atom is 0.231 e. The highest BCUT2D eigenvalue weighted by Crippen LogP contribution is 2.38. The Morgan fingerprint density at radius 1 is 1.28 bits per heavy atom. The van der Waals surface area contributed by atoms with Crippen molar-refractivity contribution in [2.75, 3.05) is 25.0 Å². The minimum atomic E-state index is -0.0898. The van der Waals surface area contributed by atoms with Crippen LogP contribution in [0.4, 0.5) is 11.4 Å². The molecule has 25 heavy (non-hydrogen) atoms. The van der Waals surface area contributed by atoms with Gasteiger partial charge in [-0.1, -0.05) is 25.1 Å². The van der Waals surface area contributed by atoms with E-state index in [1.165, 1.54) is 0 Å². The lowest BCUT2D eigenvalue weighted by molar-refractivity contribution is -0.116. The second kappa shape index (κ2) is 7.34. The highest BCUT2D eigenvalue weighted by Gasteiger charge is 2.18. The quantitative estimate of drug-likeness (QED) is 0.788. The molecule has 0 aromatic heterocycles. The first-order valence-corrected chi connectivity index (χ1v) is 8.17. The number of rotatable bonds is 6. The first kappa shape index (κ1) is 17.0. The number of benzene rings is 2. The van der Waals surface area contributed by atoms with Crippen LogP contribution in [0.15, 0.2) is 36.4 Å². The van der Waals surface area contributed by atoms with Gasteiger partial charge in [0, 0.05) is 18.6 Å². The Morgan fingerprint density at radius 3 is 2.76 bits per heavy atom. The number of hydrogen-bond donors (Lipinski definition) is 2. The Balaban J connectivity index is 1.61. The zero-order chi connectivity index (χ0) is 17.8. The zero-order valence-corrected chi connectivity index (χ0v) is 14.4. The van der Waals surface area contributed by atoms with Crippen molar-refractivity contribution in [3.05, 3.63) is 42.0 Å². The Labute approximate surface area is 146 Å². The number of methoxy groups -OCH3 is 1. The standard InChI is InChI=1S/C19H22N2O4/c1-12(7-13-5-3-4-6-16(13)23-2)8-19(22)21-15-10-18-17(9-14(15)20)24-11-25-18/h3-6,9-10,12H,7-8,11,20H2,1-2H3,(H,21,22). The second-order valence-corrected chi connectivity index (χ2v) is 6.17. The highest BCUT2D eigenvalue weighted by atomic mass is 16.7. The van der Waals surface area contributed by atoms with Crippen molar-refractivity contribution in [2.45, 2.75) is 19.8 Å². The summed E-state index contributed by atoms with van der Waals surface area (Å²) in [4.78, 5) is 12.3. The second-order valence-electron chi connectivity index (χ2n) is 6.17. The van der Waals surface area contributed by atoms with Gasteiger partial charge in [-0.15, -0.1) is 0 Å². The van der Waals surface area contributed by atoms with Gasteiger partial charge in [0.1, 0.15) is 5.75 Å². The van der Waals surface area contributed by atoms with Crippen molar-refractivity contribution < 1.29 is 19.0 Å². The summed E-state index contributed by atoms with van der Waals surface area (Å²) in [5.41, 5.74) is 8.05. The van der Waals surface area contributed by atoms with Crippen LogP contribution >= 0.6 is 0 Å². The van der Waals surface area contributed by atoms with Gasteiger partial charge in [0.15, 0.2) is 11.5 Å². The molecule has 0 fully saturated rings. The fourth-order valence-corrected chi connectivity index (χ4v) is 2.90. The van der Waals surface area contributed by atoms with Gasteiger partial charge in [0.25, 0.3) is 0 Å². The molecule has 0 radical (unpaired) electrons. The molecule has 2 aromatic carbocycles. The Kier molecular flexibility index (Phi) is 4.97. The lowest BCUT2D eigenvalue weighted by Gasteiger charge is -2.15. The number of amides is 1. The molecule has 1 unspecified atom stereocenters. The van der Waals surface area contributed by atoms with E-state index in [4.69, 9.17) is 19.9 Å². The number of nitrogens with one attached hydrogen (secondary N) is 1. The van der Waals surface area contributed by atoms with Crippen molar-refractivity contribution in [1.29, 1.82) is 0 Å². The first-order chi connectivity index (χ1) is 12.1. The average Bonchev–Trinajstić information content (AvgIpc) is 3.02. The molecule has 6 heteroatoms. The predicted octanol–water partition coefficient (Wildman–Crippen LogP) is 3.21. The largest absolute Gasteiger partial charge is 0.496 e. The lowest BCUT2D eigenvalue weighted by atomic mass is 9.97. The molecule has 0 saturated heterocycles. The van der Waals surface area contributed by atoms with Crippen molar-refractivity contribution in [3.8, 4) is 17.2 Å². The highest BCUT2D eigenvalue weighted by molar-refractivity contribution is 5.94. The first-order valence-electron chi connectivity index (χ1n) is 8.17. The number of carbonyl (C=O) groups excluding carboxylic acids is 1. The molecule has 0 saturated carbocycles. The molecular weight excluding hydrogens is 320 g/mol. The number of carbonyl (C=O) groups is 1. The molecule has 1 amide bonds. The molecule has 3 rings (SSSR count). The molecule has 0 bridgehead atoms. The molecule has 1 aliphatic heterocycles. The number of nitrogen functional groups attached to an aromatic ring is 1. The van der Waals surface area contributed by atoms with Crippen LogP contribution in [0.3, 0.4) is 0 Å². The summed E-state index contributed by atoms with van der Waals surface area (Å²) >= 11 is 0. The number of para-hydroxylation sites is 1. The monoisotopic (exact) mass is 342 g/mol. The van der Waals surface area contributed by atoms with Gasteiger partial charge in [0.2, 0.25) is 12.7 Å². The maximum absolute atomic E-state index is 12.3. The smallest absolute Gasteiger partial charge is 0.231 e. The topological polar surface area (TPSA) is 82.8 Å². The van der Waals surface area contributed by atoms with Crippen molar-refractivity contribution in [3.63, 3.8) is 0 Å². The minimum Gasteiger partial charge on any atom is -0.496 e. The normalized spacial score (nSPS) is 13.4. The van der Waals surface area contributed by atoms with Crippen LogP contribution in [0.2, 0.25) is 0 Å². The molecule has 2 aromatic rings. The Hall–Kier alpha value is -2.89. The fourth-order valence-electron chi connectivity index (χ4n) is 2.90. The maximum atomic E-state index is 12.3. The minimum absolute atomic E-state index is 0.0898. The molecule has 132 valence electrons. The van der Waals surface area contributed by atoms with Gasteiger partial charge in [-0.3, -0.25) is 4.79 Å². The number of fused-ring (bicyclic) bond motifs is 1. The summed E-state index contributed by atoms with van der Waals surface area (Å²) in [5, 5.41) is 2.85. The van der Waals surface area contributed by atoms with E-state index in [1.54, 1.807) is 19.2 Å². The third-order valence-electron chi connectivity index (χ3n) is 4.11. The summed E-state index contributed by atoms with van der Waals surface area (Å²) in [6, 6.07) is 11.2. The van der Waals surface area contributed by atoms with Crippen molar-refractivity contribution >= 4 is 17.3 Å².